The van der Waals surface area contributed by atoms with Gasteiger partial charge in [-0.2, -0.15) is 0 Å². The third-order valence-electron chi connectivity index (χ3n) is 7.70. The van der Waals surface area contributed by atoms with Gasteiger partial charge in [0, 0.05) is 36.3 Å². The van der Waals surface area contributed by atoms with E-state index in [1.54, 1.807) is 18.2 Å². The number of thioether (sulfide) groups is 1. The van der Waals surface area contributed by atoms with Crippen LogP contribution in [0.2, 0.25) is 0 Å². The summed E-state index contributed by atoms with van der Waals surface area (Å²) in [5.74, 6) is -1.32. The summed E-state index contributed by atoms with van der Waals surface area (Å²) in [7, 11) is 0. The Morgan fingerprint density at radius 1 is 1.16 bits per heavy atom. The maximum absolute atomic E-state index is 13.0. The molecule has 0 spiro atoms. The van der Waals surface area contributed by atoms with E-state index in [-0.39, 0.29) is 29.7 Å². The van der Waals surface area contributed by atoms with Gasteiger partial charge >= 0.3 is 11.6 Å². The van der Waals surface area contributed by atoms with Crippen LogP contribution in [0, 0.1) is 0 Å². The average molecular weight is 539 g/mol. The fourth-order valence-electron chi connectivity index (χ4n) is 5.44. The highest BCUT2D eigenvalue weighted by Gasteiger charge is 2.42. The van der Waals surface area contributed by atoms with E-state index in [0.717, 1.165) is 48.6 Å². The SMILES string of the molecule is CC1(C)CCN2CCC(C)(C)c3c2c1cc1cc(C=CC=C2SC(=S)N(CCC(=O)O)C2=O)c(=O)oc31. The second kappa shape index (κ2) is 9.13. The van der Waals surface area contributed by atoms with E-state index in [0.29, 0.717) is 20.4 Å². The van der Waals surface area contributed by atoms with Crippen LogP contribution in [0.25, 0.3) is 17.0 Å². The molecule has 1 aromatic heterocycles. The summed E-state index contributed by atoms with van der Waals surface area (Å²) in [5, 5.41) is 9.80. The number of rotatable bonds is 5. The van der Waals surface area contributed by atoms with E-state index in [1.165, 1.54) is 16.2 Å². The Morgan fingerprint density at radius 2 is 1.86 bits per heavy atom. The van der Waals surface area contributed by atoms with Crippen molar-refractivity contribution in [3.8, 4) is 0 Å². The number of carbonyl (C=O) groups is 2. The highest BCUT2D eigenvalue weighted by Crippen LogP contribution is 2.51. The summed E-state index contributed by atoms with van der Waals surface area (Å²) in [6.45, 7) is 11.0. The second-order valence-electron chi connectivity index (χ2n) is 11.2. The maximum Gasteiger partial charge on any atom is 0.343 e. The minimum absolute atomic E-state index is 0.0176. The number of benzene rings is 1. The first kappa shape index (κ1) is 25.7. The number of carboxylic acids is 1. The summed E-state index contributed by atoms with van der Waals surface area (Å²) in [6, 6.07) is 4.05. The number of anilines is 1. The number of nitrogens with zero attached hydrogens (tertiary/aromatic N) is 2. The van der Waals surface area contributed by atoms with Crippen molar-refractivity contribution in [2.75, 3.05) is 24.5 Å². The molecule has 7 nitrogen and oxygen atoms in total. The van der Waals surface area contributed by atoms with Crippen LogP contribution in [-0.2, 0) is 20.4 Å². The molecule has 1 N–H and O–H groups in total. The van der Waals surface area contributed by atoms with Crippen molar-refractivity contribution < 1.29 is 19.1 Å². The molecular weight excluding hydrogens is 508 g/mol. The van der Waals surface area contributed by atoms with Crippen molar-refractivity contribution >= 4 is 62.9 Å². The summed E-state index contributed by atoms with van der Waals surface area (Å²) < 4.78 is 6.32. The monoisotopic (exact) mass is 538 g/mol. The molecule has 0 radical (unpaired) electrons. The molecule has 37 heavy (non-hydrogen) atoms. The van der Waals surface area contributed by atoms with Gasteiger partial charge in [0.05, 0.1) is 16.9 Å². The molecule has 1 saturated heterocycles. The van der Waals surface area contributed by atoms with Crippen LogP contribution < -0.4 is 10.5 Å². The largest absolute Gasteiger partial charge is 0.481 e. The number of allylic oxidation sites excluding steroid dienone is 2. The van der Waals surface area contributed by atoms with Crippen molar-refractivity contribution in [2.24, 2.45) is 0 Å². The first-order valence-corrected chi connectivity index (χ1v) is 13.7. The number of hydrogen-bond donors (Lipinski definition) is 1. The van der Waals surface area contributed by atoms with Crippen LogP contribution in [0.1, 0.15) is 63.6 Å². The Bertz CT molecular complexity index is 1470. The fourth-order valence-corrected chi connectivity index (χ4v) is 6.70. The van der Waals surface area contributed by atoms with Crippen molar-refractivity contribution in [1.82, 2.24) is 4.90 Å². The predicted molar refractivity (Wildman–Crippen MR) is 151 cm³/mol. The molecule has 9 heteroatoms. The first-order chi connectivity index (χ1) is 17.4. The van der Waals surface area contributed by atoms with Gasteiger partial charge in [0.25, 0.3) is 5.91 Å². The number of carboxylic acid groups (broad SMARTS) is 1. The molecule has 3 aliphatic heterocycles. The second-order valence-corrected chi connectivity index (χ2v) is 12.8. The number of thiocarbonyl (C=S) groups is 1. The highest BCUT2D eigenvalue weighted by molar-refractivity contribution is 8.26. The molecule has 1 amide bonds. The molecule has 2 aromatic rings. The normalized spacial score (nSPS) is 21.4. The molecular formula is C28H30N2O5S2. The van der Waals surface area contributed by atoms with Gasteiger partial charge in [0.1, 0.15) is 9.90 Å². The fraction of sp³-hybridized carbons (Fsp3) is 0.429. The minimum atomic E-state index is -0.990. The lowest BCUT2D eigenvalue weighted by Crippen LogP contribution is -2.44. The number of aliphatic carboxylic acids is 1. The molecule has 1 fully saturated rings. The molecule has 1 aromatic carbocycles. The average Bonchev–Trinajstić information content (AvgIpc) is 3.08. The summed E-state index contributed by atoms with van der Waals surface area (Å²) in [4.78, 5) is 40.6. The predicted octanol–water partition coefficient (Wildman–Crippen LogP) is 5.19. The van der Waals surface area contributed by atoms with Gasteiger partial charge in [-0.05, 0) is 53.5 Å². The summed E-state index contributed by atoms with van der Waals surface area (Å²) in [5.41, 5.74) is 4.19. The van der Waals surface area contributed by atoms with Gasteiger partial charge in [0.2, 0.25) is 0 Å². The van der Waals surface area contributed by atoms with E-state index < -0.39 is 11.6 Å². The molecule has 5 rings (SSSR count). The molecule has 0 atom stereocenters. The summed E-state index contributed by atoms with van der Waals surface area (Å²) in [6.07, 6.45) is 6.77. The summed E-state index contributed by atoms with van der Waals surface area (Å²) >= 11 is 6.35. The van der Waals surface area contributed by atoms with Gasteiger partial charge in [-0.15, -0.1) is 0 Å². The third-order valence-corrected chi connectivity index (χ3v) is 9.10. The van der Waals surface area contributed by atoms with Gasteiger partial charge < -0.3 is 14.4 Å². The van der Waals surface area contributed by atoms with E-state index in [1.807, 2.05) is 6.07 Å². The van der Waals surface area contributed by atoms with Gasteiger partial charge in [0.15, 0.2) is 0 Å². The molecule has 194 valence electrons. The lowest BCUT2D eigenvalue weighted by atomic mass is 9.69. The number of amides is 1. The van der Waals surface area contributed by atoms with Crippen LogP contribution in [0.15, 0.2) is 38.4 Å². The zero-order chi connectivity index (χ0) is 26.7. The van der Waals surface area contributed by atoms with Crippen LogP contribution in [0.5, 0.6) is 0 Å². The standard InChI is InChI=1S/C28H30N2O5S2/c1-27(2)9-12-29-13-10-28(3,4)21-22(29)18(27)15-17-14-16(25(34)35-23(17)21)6-5-7-19-24(33)30(26(36)37-19)11-8-20(31)32/h5-7,14-15H,8-13H2,1-4H3,(H,31,32). The molecule has 3 aliphatic rings. The Morgan fingerprint density at radius 3 is 2.57 bits per heavy atom. The Hall–Kier alpha value is -2.91. The maximum atomic E-state index is 13.0. The van der Waals surface area contributed by atoms with Crippen LogP contribution >= 0.6 is 24.0 Å². The van der Waals surface area contributed by atoms with Gasteiger partial charge in [-0.3, -0.25) is 14.5 Å². The van der Waals surface area contributed by atoms with Crippen LogP contribution in [-0.4, -0.2) is 45.8 Å². The molecule has 0 aliphatic carbocycles. The molecule has 0 bridgehead atoms. The Labute approximate surface area is 225 Å². The van der Waals surface area contributed by atoms with Crippen molar-refractivity contribution in [3.63, 3.8) is 0 Å². The lowest BCUT2D eigenvalue weighted by Gasteiger charge is -2.48. The van der Waals surface area contributed by atoms with E-state index in [9.17, 15) is 14.4 Å². The van der Waals surface area contributed by atoms with Crippen LogP contribution in [0.3, 0.4) is 0 Å². The van der Waals surface area contributed by atoms with E-state index in [2.05, 4.69) is 38.7 Å². The molecule has 0 unspecified atom stereocenters. The van der Waals surface area contributed by atoms with Crippen molar-refractivity contribution in [2.45, 2.75) is 57.8 Å². The van der Waals surface area contributed by atoms with Crippen molar-refractivity contribution in [3.05, 3.63) is 56.3 Å². The van der Waals surface area contributed by atoms with Crippen LogP contribution in [0.4, 0.5) is 5.69 Å². The quantitative estimate of drug-likeness (QED) is 0.316. The molecule has 4 heterocycles. The topological polar surface area (TPSA) is 91.1 Å². The van der Waals surface area contributed by atoms with E-state index in [4.69, 9.17) is 21.7 Å². The van der Waals surface area contributed by atoms with E-state index >= 15 is 0 Å². The Balaban J connectivity index is 1.53. The third kappa shape index (κ3) is 4.52. The zero-order valence-corrected chi connectivity index (χ0v) is 23.1. The number of fused-ring (bicyclic) bond motifs is 2. The lowest BCUT2D eigenvalue weighted by molar-refractivity contribution is -0.137. The first-order valence-electron chi connectivity index (χ1n) is 12.4. The van der Waals surface area contributed by atoms with Gasteiger partial charge in [-0.25, -0.2) is 4.79 Å². The number of carbonyl (C=O) groups excluding carboxylic acids is 1. The minimum Gasteiger partial charge on any atom is -0.481 e. The zero-order valence-electron chi connectivity index (χ0n) is 21.4. The van der Waals surface area contributed by atoms with Crippen molar-refractivity contribution in [1.29, 1.82) is 0 Å². The highest BCUT2D eigenvalue weighted by atomic mass is 32.2. The van der Waals surface area contributed by atoms with Gasteiger partial charge in [-0.1, -0.05) is 57.8 Å². The number of hydrogen-bond acceptors (Lipinski definition) is 7. The smallest absolute Gasteiger partial charge is 0.343 e. The Kier molecular flexibility index (Phi) is 6.35. The molecule has 0 saturated carbocycles.